The third kappa shape index (κ3) is 2.48. The van der Waals surface area contributed by atoms with Crippen molar-refractivity contribution in [3.05, 3.63) is 70.0 Å². The van der Waals surface area contributed by atoms with Gasteiger partial charge in [0.15, 0.2) is 0 Å². The Bertz CT molecular complexity index is 842. The first-order valence-corrected chi connectivity index (χ1v) is 6.74. The van der Waals surface area contributed by atoms with Crippen molar-refractivity contribution < 1.29 is 5.11 Å². The molecule has 0 bridgehead atoms. The van der Waals surface area contributed by atoms with E-state index in [-0.39, 0.29) is 11.3 Å². The van der Waals surface area contributed by atoms with Crippen LogP contribution in [0.25, 0.3) is 16.9 Å². The standard InChI is InChI=1S/C17H16N2O2/c1-11-3-6-14(9-12(11)2)19-17(21)10-16(18-19)13-4-7-15(20)8-5-13/h3-10,18,20H,1-2H3. The third-order valence-electron chi connectivity index (χ3n) is 3.65. The van der Waals surface area contributed by atoms with Gasteiger partial charge in [-0.3, -0.25) is 9.89 Å². The largest absolute Gasteiger partial charge is 0.508 e. The minimum Gasteiger partial charge on any atom is -0.508 e. The van der Waals surface area contributed by atoms with Gasteiger partial charge in [0.25, 0.3) is 5.56 Å². The van der Waals surface area contributed by atoms with Gasteiger partial charge in [0.1, 0.15) is 5.75 Å². The van der Waals surface area contributed by atoms with Gasteiger partial charge in [-0.2, -0.15) is 0 Å². The Morgan fingerprint density at radius 1 is 0.952 bits per heavy atom. The number of aromatic hydroxyl groups is 1. The average molecular weight is 280 g/mol. The van der Waals surface area contributed by atoms with E-state index in [1.807, 2.05) is 32.0 Å². The Hall–Kier alpha value is -2.75. The highest BCUT2D eigenvalue weighted by Gasteiger charge is 2.07. The molecule has 0 aliphatic carbocycles. The molecule has 0 spiro atoms. The van der Waals surface area contributed by atoms with Crippen LogP contribution in [0.3, 0.4) is 0 Å². The van der Waals surface area contributed by atoms with E-state index in [0.29, 0.717) is 0 Å². The summed E-state index contributed by atoms with van der Waals surface area (Å²) in [5.74, 6) is 0.203. The van der Waals surface area contributed by atoms with Gasteiger partial charge in [-0.1, -0.05) is 6.07 Å². The molecule has 0 saturated heterocycles. The smallest absolute Gasteiger partial charge is 0.271 e. The lowest BCUT2D eigenvalue weighted by molar-refractivity contribution is 0.475. The van der Waals surface area contributed by atoms with E-state index < -0.39 is 0 Å². The maximum absolute atomic E-state index is 12.2. The SMILES string of the molecule is Cc1ccc(-n2[nH]c(-c3ccc(O)cc3)cc2=O)cc1C. The molecule has 2 N–H and O–H groups in total. The van der Waals surface area contributed by atoms with Gasteiger partial charge in [0.05, 0.1) is 11.4 Å². The fourth-order valence-electron chi connectivity index (χ4n) is 2.24. The van der Waals surface area contributed by atoms with Crippen molar-refractivity contribution in [3.63, 3.8) is 0 Å². The number of aryl methyl sites for hydroxylation is 2. The van der Waals surface area contributed by atoms with Crippen LogP contribution < -0.4 is 5.56 Å². The Morgan fingerprint density at radius 3 is 2.33 bits per heavy atom. The fourth-order valence-corrected chi connectivity index (χ4v) is 2.24. The number of hydrogen-bond acceptors (Lipinski definition) is 2. The molecule has 0 fully saturated rings. The number of hydrogen-bond donors (Lipinski definition) is 2. The molecule has 106 valence electrons. The molecule has 2 aromatic carbocycles. The molecule has 4 heteroatoms. The number of H-pyrrole nitrogens is 1. The maximum Gasteiger partial charge on any atom is 0.271 e. The zero-order valence-corrected chi connectivity index (χ0v) is 11.9. The number of benzene rings is 2. The van der Waals surface area contributed by atoms with Crippen LogP contribution in [0.4, 0.5) is 0 Å². The summed E-state index contributed by atoms with van der Waals surface area (Å²) in [5, 5.41) is 12.4. The molecule has 1 aromatic heterocycles. The second kappa shape index (κ2) is 4.98. The average Bonchev–Trinajstić information content (AvgIpc) is 2.85. The lowest BCUT2D eigenvalue weighted by atomic mass is 10.1. The summed E-state index contributed by atoms with van der Waals surface area (Å²) in [4.78, 5) is 12.2. The van der Waals surface area contributed by atoms with Crippen LogP contribution in [-0.4, -0.2) is 14.9 Å². The second-order valence-electron chi connectivity index (χ2n) is 5.16. The topological polar surface area (TPSA) is 58.0 Å². The molecule has 0 radical (unpaired) electrons. The number of rotatable bonds is 2. The molecule has 3 aromatic rings. The summed E-state index contributed by atoms with van der Waals surface area (Å²) in [7, 11) is 0. The van der Waals surface area contributed by atoms with E-state index in [9.17, 15) is 9.90 Å². The monoisotopic (exact) mass is 280 g/mol. The molecular formula is C17H16N2O2. The molecule has 21 heavy (non-hydrogen) atoms. The molecule has 0 atom stereocenters. The summed E-state index contributed by atoms with van der Waals surface area (Å²) < 4.78 is 1.52. The normalized spacial score (nSPS) is 10.8. The Labute approximate surface area is 122 Å². The van der Waals surface area contributed by atoms with Gasteiger partial charge < -0.3 is 5.11 Å². The Kier molecular flexibility index (Phi) is 3.14. The predicted molar refractivity (Wildman–Crippen MR) is 83.0 cm³/mol. The number of aromatic nitrogens is 2. The van der Waals surface area contributed by atoms with Gasteiger partial charge in [-0.05, 0) is 66.9 Å². The minimum absolute atomic E-state index is 0.110. The van der Waals surface area contributed by atoms with Crippen molar-refractivity contribution in [1.82, 2.24) is 9.78 Å². The third-order valence-corrected chi connectivity index (χ3v) is 3.65. The number of phenolic OH excluding ortho intramolecular Hbond substituents is 1. The first-order valence-electron chi connectivity index (χ1n) is 6.74. The van der Waals surface area contributed by atoms with E-state index in [4.69, 9.17) is 0 Å². The first-order chi connectivity index (χ1) is 10.0. The predicted octanol–water partition coefficient (Wildman–Crippen LogP) is 3.16. The molecule has 0 saturated carbocycles. The highest BCUT2D eigenvalue weighted by molar-refractivity contribution is 5.60. The Morgan fingerprint density at radius 2 is 1.67 bits per heavy atom. The van der Waals surface area contributed by atoms with Crippen LogP contribution in [0.5, 0.6) is 5.75 Å². The highest BCUT2D eigenvalue weighted by atomic mass is 16.3. The summed E-state index contributed by atoms with van der Waals surface area (Å²) >= 11 is 0. The Balaban J connectivity index is 2.07. The number of aromatic amines is 1. The summed E-state index contributed by atoms with van der Waals surface area (Å²) in [6.07, 6.45) is 0. The van der Waals surface area contributed by atoms with Gasteiger partial charge >= 0.3 is 0 Å². The molecular weight excluding hydrogens is 264 g/mol. The maximum atomic E-state index is 12.2. The van der Waals surface area contributed by atoms with E-state index in [2.05, 4.69) is 5.10 Å². The van der Waals surface area contributed by atoms with E-state index in [0.717, 1.165) is 22.5 Å². The zero-order chi connectivity index (χ0) is 15.0. The minimum atomic E-state index is -0.110. The van der Waals surface area contributed by atoms with E-state index in [1.54, 1.807) is 30.3 Å². The molecule has 0 unspecified atom stereocenters. The van der Waals surface area contributed by atoms with Crippen LogP contribution >= 0.6 is 0 Å². The van der Waals surface area contributed by atoms with Crippen molar-refractivity contribution in [2.45, 2.75) is 13.8 Å². The van der Waals surface area contributed by atoms with Gasteiger partial charge in [0, 0.05) is 6.07 Å². The van der Waals surface area contributed by atoms with Crippen LogP contribution in [0.2, 0.25) is 0 Å². The highest BCUT2D eigenvalue weighted by Crippen LogP contribution is 2.20. The van der Waals surface area contributed by atoms with Crippen molar-refractivity contribution in [2.24, 2.45) is 0 Å². The zero-order valence-electron chi connectivity index (χ0n) is 11.9. The van der Waals surface area contributed by atoms with Crippen LogP contribution in [0, 0.1) is 13.8 Å². The van der Waals surface area contributed by atoms with Gasteiger partial charge in [0.2, 0.25) is 0 Å². The van der Waals surface area contributed by atoms with Crippen LogP contribution in [-0.2, 0) is 0 Å². The fraction of sp³-hybridized carbons (Fsp3) is 0.118. The van der Waals surface area contributed by atoms with Crippen molar-refractivity contribution >= 4 is 0 Å². The van der Waals surface area contributed by atoms with Crippen molar-refractivity contribution in [1.29, 1.82) is 0 Å². The van der Waals surface area contributed by atoms with Crippen molar-refractivity contribution in [3.8, 4) is 22.7 Å². The lowest BCUT2D eigenvalue weighted by Gasteiger charge is -2.06. The molecule has 4 nitrogen and oxygen atoms in total. The molecule has 0 amide bonds. The van der Waals surface area contributed by atoms with E-state index in [1.165, 1.54) is 10.2 Å². The van der Waals surface area contributed by atoms with E-state index >= 15 is 0 Å². The molecule has 3 rings (SSSR count). The summed E-state index contributed by atoms with van der Waals surface area (Å²) in [5.41, 5.74) is 4.61. The lowest BCUT2D eigenvalue weighted by Crippen LogP contribution is -2.13. The van der Waals surface area contributed by atoms with Gasteiger partial charge in [-0.25, -0.2) is 4.68 Å². The van der Waals surface area contributed by atoms with Crippen molar-refractivity contribution in [2.75, 3.05) is 0 Å². The molecule has 0 aliphatic heterocycles. The number of phenols is 1. The molecule has 1 heterocycles. The van der Waals surface area contributed by atoms with Crippen LogP contribution in [0.15, 0.2) is 53.3 Å². The summed E-state index contributed by atoms with van der Waals surface area (Å²) in [6, 6.07) is 14.2. The molecule has 0 aliphatic rings. The summed E-state index contributed by atoms with van der Waals surface area (Å²) in [6.45, 7) is 4.06. The quantitative estimate of drug-likeness (QED) is 0.757. The van der Waals surface area contributed by atoms with Gasteiger partial charge in [-0.15, -0.1) is 0 Å². The van der Waals surface area contributed by atoms with Crippen LogP contribution in [0.1, 0.15) is 11.1 Å². The number of nitrogens with zero attached hydrogens (tertiary/aromatic N) is 1. The second-order valence-corrected chi connectivity index (χ2v) is 5.16. The number of nitrogens with one attached hydrogen (secondary N) is 1. The first kappa shape index (κ1) is 13.2.